The molecule has 2 atom stereocenters. The number of nitrogens with one attached hydrogen (secondary N) is 1. The van der Waals surface area contributed by atoms with Gasteiger partial charge in [0.25, 0.3) is 0 Å². The smallest absolute Gasteiger partial charge is 0.0769 e. The normalized spacial score (nSPS) is 14.9. The highest BCUT2D eigenvalue weighted by Gasteiger charge is 2.12. The third kappa shape index (κ3) is 3.91. The van der Waals surface area contributed by atoms with Crippen molar-refractivity contribution in [2.24, 2.45) is 5.84 Å². The Morgan fingerprint density at radius 1 is 1.47 bits per heavy atom. The van der Waals surface area contributed by atoms with E-state index >= 15 is 0 Å². The summed E-state index contributed by atoms with van der Waals surface area (Å²) in [4.78, 5) is 8.22. The number of rotatable bonds is 6. The molecule has 84 valence electrons. The first-order valence-corrected chi connectivity index (χ1v) is 5.02. The second-order valence-electron chi connectivity index (χ2n) is 3.47. The van der Waals surface area contributed by atoms with Crippen LogP contribution in [-0.2, 0) is 4.74 Å². The van der Waals surface area contributed by atoms with Gasteiger partial charge in [-0.15, -0.1) is 0 Å². The summed E-state index contributed by atoms with van der Waals surface area (Å²) < 4.78 is 5.18. The lowest BCUT2D eigenvalue weighted by Gasteiger charge is -2.16. The third-order valence-corrected chi connectivity index (χ3v) is 2.41. The van der Waals surface area contributed by atoms with E-state index in [2.05, 4.69) is 15.4 Å². The Hall–Kier alpha value is -1.04. The van der Waals surface area contributed by atoms with Crippen molar-refractivity contribution >= 4 is 0 Å². The largest absolute Gasteiger partial charge is 0.382 e. The number of nitrogens with two attached hydrogens (primary N) is 1. The first kappa shape index (κ1) is 12.0. The highest BCUT2D eigenvalue weighted by molar-refractivity contribution is 5.01. The summed E-state index contributed by atoms with van der Waals surface area (Å²) >= 11 is 0. The molecule has 0 spiro atoms. The van der Waals surface area contributed by atoms with Crippen molar-refractivity contribution in [2.75, 3.05) is 7.11 Å². The molecule has 0 radical (unpaired) electrons. The Balaban J connectivity index is 2.50. The van der Waals surface area contributed by atoms with Crippen LogP contribution in [-0.4, -0.2) is 23.2 Å². The Morgan fingerprint density at radius 2 is 2.27 bits per heavy atom. The molecular weight excluding hydrogens is 192 g/mol. The van der Waals surface area contributed by atoms with Crippen LogP contribution in [0.3, 0.4) is 0 Å². The molecule has 1 heterocycles. The number of ether oxygens (including phenoxy) is 1. The third-order valence-electron chi connectivity index (χ3n) is 2.41. The fourth-order valence-electron chi connectivity index (χ4n) is 1.33. The maximum atomic E-state index is 5.47. The molecule has 0 aliphatic heterocycles. The summed E-state index contributed by atoms with van der Waals surface area (Å²) in [6.07, 6.45) is 7.08. The van der Waals surface area contributed by atoms with E-state index in [1.165, 1.54) is 0 Å². The standard InChI is InChI=1S/C10H18N4O/c1-8(15-2)3-4-9(14-11)10-7-12-5-6-13-10/h5-9,14H,3-4,11H2,1-2H3. The van der Waals surface area contributed by atoms with Crippen molar-refractivity contribution in [1.29, 1.82) is 0 Å². The number of hydrogen-bond acceptors (Lipinski definition) is 5. The highest BCUT2D eigenvalue weighted by atomic mass is 16.5. The number of aromatic nitrogens is 2. The second-order valence-corrected chi connectivity index (χ2v) is 3.47. The molecule has 0 saturated carbocycles. The summed E-state index contributed by atoms with van der Waals surface area (Å²) in [6, 6.07) is 0.0382. The summed E-state index contributed by atoms with van der Waals surface area (Å²) in [7, 11) is 1.71. The van der Waals surface area contributed by atoms with Gasteiger partial charge in [-0.25, -0.2) is 0 Å². The van der Waals surface area contributed by atoms with Crippen molar-refractivity contribution in [3.8, 4) is 0 Å². The van der Waals surface area contributed by atoms with E-state index in [4.69, 9.17) is 10.6 Å². The molecule has 0 aliphatic rings. The molecule has 3 N–H and O–H groups in total. The molecule has 5 heteroatoms. The van der Waals surface area contributed by atoms with Gasteiger partial charge in [0.05, 0.1) is 24.0 Å². The van der Waals surface area contributed by atoms with Gasteiger partial charge in [0.1, 0.15) is 0 Å². The Kier molecular flexibility index (Phi) is 5.17. The lowest BCUT2D eigenvalue weighted by Crippen LogP contribution is -2.29. The van der Waals surface area contributed by atoms with E-state index in [1.807, 2.05) is 6.92 Å². The second kappa shape index (κ2) is 6.44. The van der Waals surface area contributed by atoms with Crippen molar-refractivity contribution in [3.63, 3.8) is 0 Å². The molecule has 0 saturated heterocycles. The SMILES string of the molecule is COC(C)CCC(NN)c1cnccn1. The van der Waals surface area contributed by atoms with Crippen LogP contribution in [0.25, 0.3) is 0 Å². The topological polar surface area (TPSA) is 73.1 Å². The minimum Gasteiger partial charge on any atom is -0.382 e. The molecule has 0 aromatic carbocycles. The van der Waals surface area contributed by atoms with E-state index in [0.717, 1.165) is 18.5 Å². The van der Waals surface area contributed by atoms with Gasteiger partial charge in [-0.2, -0.15) is 0 Å². The fourth-order valence-corrected chi connectivity index (χ4v) is 1.33. The monoisotopic (exact) mass is 210 g/mol. The van der Waals surface area contributed by atoms with Crippen LogP contribution in [0.2, 0.25) is 0 Å². The van der Waals surface area contributed by atoms with E-state index < -0.39 is 0 Å². The highest BCUT2D eigenvalue weighted by Crippen LogP contribution is 2.15. The predicted octanol–water partition coefficient (Wildman–Crippen LogP) is 0.796. The van der Waals surface area contributed by atoms with E-state index in [1.54, 1.807) is 25.7 Å². The van der Waals surface area contributed by atoms with Gasteiger partial charge in [-0.3, -0.25) is 21.2 Å². The predicted molar refractivity (Wildman–Crippen MR) is 57.8 cm³/mol. The Morgan fingerprint density at radius 3 is 2.80 bits per heavy atom. The molecule has 0 fully saturated rings. The van der Waals surface area contributed by atoms with Gasteiger partial charge < -0.3 is 4.74 Å². The molecule has 0 bridgehead atoms. The minimum atomic E-state index is 0.0382. The van der Waals surface area contributed by atoms with E-state index in [9.17, 15) is 0 Å². The minimum absolute atomic E-state index is 0.0382. The lowest BCUT2D eigenvalue weighted by molar-refractivity contribution is 0.106. The molecule has 1 aromatic rings. The summed E-state index contributed by atoms with van der Waals surface area (Å²) in [5.41, 5.74) is 3.60. The van der Waals surface area contributed by atoms with E-state index in [-0.39, 0.29) is 12.1 Å². The van der Waals surface area contributed by atoms with Crippen LogP contribution >= 0.6 is 0 Å². The average molecular weight is 210 g/mol. The Labute approximate surface area is 90.0 Å². The first-order valence-electron chi connectivity index (χ1n) is 5.02. The van der Waals surface area contributed by atoms with Gasteiger partial charge in [-0.1, -0.05) is 0 Å². The lowest BCUT2D eigenvalue weighted by atomic mass is 10.1. The van der Waals surface area contributed by atoms with Gasteiger partial charge in [0.15, 0.2) is 0 Å². The van der Waals surface area contributed by atoms with Crippen LogP contribution in [0.5, 0.6) is 0 Å². The zero-order valence-corrected chi connectivity index (χ0v) is 9.18. The van der Waals surface area contributed by atoms with E-state index in [0.29, 0.717) is 0 Å². The maximum absolute atomic E-state index is 5.47. The van der Waals surface area contributed by atoms with Crippen LogP contribution in [0.4, 0.5) is 0 Å². The number of methoxy groups -OCH3 is 1. The van der Waals surface area contributed by atoms with Crippen molar-refractivity contribution in [1.82, 2.24) is 15.4 Å². The average Bonchev–Trinajstić information content (AvgIpc) is 2.31. The zero-order chi connectivity index (χ0) is 11.1. The summed E-state index contributed by atoms with van der Waals surface area (Å²) in [5.74, 6) is 5.47. The van der Waals surface area contributed by atoms with Crippen LogP contribution in [0.1, 0.15) is 31.5 Å². The molecule has 1 aromatic heterocycles. The van der Waals surface area contributed by atoms with Gasteiger partial charge in [-0.05, 0) is 19.8 Å². The first-order chi connectivity index (χ1) is 7.27. The molecule has 2 unspecified atom stereocenters. The Bertz CT molecular complexity index is 267. The van der Waals surface area contributed by atoms with Crippen molar-refractivity contribution < 1.29 is 4.74 Å². The van der Waals surface area contributed by atoms with Crippen molar-refractivity contribution in [2.45, 2.75) is 31.9 Å². The van der Waals surface area contributed by atoms with Crippen LogP contribution in [0, 0.1) is 0 Å². The molecule has 15 heavy (non-hydrogen) atoms. The van der Waals surface area contributed by atoms with Gasteiger partial charge in [0.2, 0.25) is 0 Å². The quantitative estimate of drug-likeness (QED) is 0.536. The molecule has 0 aliphatic carbocycles. The number of nitrogens with zero attached hydrogens (tertiary/aromatic N) is 2. The maximum Gasteiger partial charge on any atom is 0.0769 e. The number of hydrazine groups is 1. The zero-order valence-electron chi connectivity index (χ0n) is 9.18. The van der Waals surface area contributed by atoms with Crippen LogP contribution in [0.15, 0.2) is 18.6 Å². The van der Waals surface area contributed by atoms with Gasteiger partial charge in [0, 0.05) is 19.5 Å². The molecular formula is C10H18N4O. The summed E-state index contributed by atoms with van der Waals surface area (Å²) in [5, 5.41) is 0. The van der Waals surface area contributed by atoms with Crippen molar-refractivity contribution in [3.05, 3.63) is 24.3 Å². The fraction of sp³-hybridized carbons (Fsp3) is 0.600. The van der Waals surface area contributed by atoms with Crippen LogP contribution < -0.4 is 11.3 Å². The molecule has 0 amide bonds. The number of hydrogen-bond donors (Lipinski definition) is 2. The molecule has 1 rings (SSSR count). The van der Waals surface area contributed by atoms with Gasteiger partial charge >= 0.3 is 0 Å². The summed E-state index contributed by atoms with van der Waals surface area (Å²) in [6.45, 7) is 2.03. The molecule has 5 nitrogen and oxygen atoms in total.